The summed E-state index contributed by atoms with van der Waals surface area (Å²) in [5.41, 5.74) is 0.975. The van der Waals surface area contributed by atoms with Crippen molar-refractivity contribution in [1.82, 2.24) is 4.98 Å². The summed E-state index contributed by atoms with van der Waals surface area (Å²) in [4.78, 5) is 3.99. The number of hydrogen-bond donors (Lipinski definition) is 0. The van der Waals surface area contributed by atoms with Gasteiger partial charge in [0.1, 0.15) is 0 Å². The van der Waals surface area contributed by atoms with Gasteiger partial charge in [0.2, 0.25) is 0 Å². The first-order chi connectivity index (χ1) is 3.93. The molecule has 1 aromatic rings. The maximum absolute atomic E-state index is 4.76. The third kappa shape index (κ3) is 1.23. The van der Waals surface area contributed by atoms with Crippen molar-refractivity contribution in [2.24, 2.45) is 0 Å². The van der Waals surface area contributed by atoms with Crippen LogP contribution in [0.1, 0.15) is 5.69 Å². The van der Waals surface area contributed by atoms with E-state index in [1.165, 1.54) is 0 Å². The van der Waals surface area contributed by atoms with Crippen LogP contribution in [0, 0.1) is 0 Å². The Bertz CT molecular complexity index is 150. The summed E-state index contributed by atoms with van der Waals surface area (Å²) < 4.78 is 0. The molecular formula is C6H6NS. The first kappa shape index (κ1) is 5.63. The van der Waals surface area contributed by atoms with E-state index in [9.17, 15) is 0 Å². The molecule has 1 radical (unpaired) electrons. The fraction of sp³-hybridized carbons (Fsp3) is 0.167. The molecule has 0 saturated carbocycles. The maximum atomic E-state index is 4.76. The van der Waals surface area contributed by atoms with Crippen LogP contribution in [0.5, 0.6) is 0 Å². The molecule has 0 fully saturated rings. The van der Waals surface area contributed by atoms with Gasteiger partial charge in [-0.05, 0) is 12.1 Å². The lowest BCUT2D eigenvalue weighted by Gasteiger charge is -1.87. The van der Waals surface area contributed by atoms with Crippen LogP contribution in [0.15, 0.2) is 24.4 Å². The maximum Gasteiger partial charge on any atom is 0.0511 e. The number of hydrogen-bond acceptors (Lipinski definition) is 1. The van der Waals surface area contributed by atoms with Crippen molar-refractivity contribution in [3.63, 3.8) is 0 Å². The van der Waals surface area contributed by atoms with Crippen LogP contribution in [0.2, 0.25) is 0 Å². The largest absolute Gasteiger partial charge is 0.260 e. The molecule has 1 aromatic heterocycles. The number of aromatic nitrogens is 1. The zero-order valence-corrected chi connectivity index (χ0v) is 5.19. The number of rotatable bonds is 1. The normalized spacial score (nSPS) is 9.12. The Morgan fingerprint density at radius 3 is 2.75 bits per heavy atom. The predicted molar refractivity (Wildman–Crippen MR) is 35.5 cm³/mol. The van der Waals surface area contributed by atoms with E-state index in [2.05, 4.69) is 4.98 Å². The van der Waals surface area contributed by atoms with E-state index in [1.54, 1.807) is 6.20 Å². The number of pyridine rings is 1. The molecule has 8 heavy (non-hydrogen) atoms. The first-order valence-electron chi connectivity index (χ1n) is 2.41. The summed E-state index contributed by atoms with van der Waals surface area (Å²) in [6, 6.07) is 5.75. The van der Waals surface area contributed by atoms with E-state index >= 15 is 0 Å². The summed E-state index contributed by atoms with van der Waals surface area (Å²) >= 11 is 4.76. The highest BCUT2D eigenvalue weighted by atomic mass is 32.1. The van der Waals surface area contributed by atoms with Crippen LogP contribution >= 0.6 is 12.6 Å². The molecule has 1 nitrogen and oxygen atoms in total. The van der Waals surface area contributed by atoms with Gasteiger partial charge in [0, 0.05) is 11.9 Å². The second-order valence-corrected chi connectivity index (χ2v) is 1.75. The lowest BCUT2D eigenvalue weighted by Crippen LogP contribution is -1.79. The van der Waals surface area contributed by atoms with Gasteiger partial charge in [-0.25, -0.2) is 0 Å². The van der Waals surface area contributed by atoms with Crippen molar-refractivity contribution in [2.45, 2.75) is 5.75 Å². The molecule has 0 amide bonds. The highest BCUT2D eigenvalue weighted by Crippen LogP contribution is 1.95. The van der Waals surface area contributed by atoms with Crippen LogP contribution < -0.4 is 0 Å². The minimum atomic E-state index is 0.612. The van der Waals surface area contributed by atoms with Gasteiger partial charge in [0.25, 0.3) is 0 Å². The quantitative estimate of drug-likeness (QED) is 0.556. The fourth-order valence-corrected chi connectivity index (χ4v) is 0.654. The second-order valence-electron chi connectivity index (χ2n) is 1.47. The van der Waals surface area contributed by atoms with Crippen molar-refractivity contribution in [1.29, 1.82) is 0 Å². The minimum Gasteiger partial charge on any atom is -0.260 e. The van der Waals surface area contributed by atoms with Gasteiger partial charge in [0.05, 0.1) is 5.69 Å². The molecule has 0 aromatic carbocycles. The Morgan fingerprint density at radius 1 is 1.50 bits per heavy atom. The minimum absolute atomic E-state index is 0.612. The van der Waals surface area contributed by atoms with E-state index in [4.69, 9.17) is 12.6 Å². The standard InChI is InChI=1S/C6H6NS/c8-5-6-3-1-2-4-7-6/h1-4H,5H2. The predicted octanol–water partition coefficient (Wildman–Crippen LogP) is 1.78. The summed E-state index contributed by atoms with van der Waals surface area (Å²) in [6.45, 7) is 0. The van der Waals surface area contributed by atoms with E-state index in [-0.39, 0.29) is 0 Å². The van der Waals surface area contributed by atoms with Crippen LogP contribution in [0.4, 0.5) is 0 Å². The van der Waals surface area contributed by atoms with Crippen LogP contribution in [0.25, 0.3) is 0 Å². The Hall–Kier alpha value is -0.500. The molecule has 0 aliphatic heterocycles. The van der Waals surface area contributed by atoms with E-state index < -0.39 is 0 Å². The van der Waals surface area contributed by atoms with Crippen molar-refractivity contribution in [3.05, 3.63) is 30.1 Å². The van der Waals surface area contributed by atoms with E-state index in [0.717, 1.165) is 5.69 Å². The molecule has 41 valence electrons. The number of nitrogens with zero attached hydrogens (tertiary/aromatic N) is 1. The molecule has 0 N–H and O–H groups in total. The third-order valence-electron chi connectivity index (χ3n) is 0.874. The average Bonchev–Trinajstić information content (AvgIpc) is 1.90. The van der Waals surface area contributed by atoms with Gasteiger partial charge < -0.3 is 0 Å². The molecule has 0 aliphatic carbocycles. The molecule has 1 heterocycles. The van der Waals surface area contributed by atoms with Gasteiger partial charge in [-0.15, -0.1) is 0 Å². The van der Waals surface area contributed by atoms with Crippen LogP contribution in [-0.2, 0) is 5.75 Å². The van der Waals surface area contributed by atoms with Crippen molar-refractivity contribution in [3.8, 4) is 0 Å². The average molecular weight is 124 g/mol. The Labute approximate surface area is 54.2 Å². The molecule has 2 heteroatoms. The highest BCUT2D eigenvalue weighted by Gasteiger charge is 1.83. The van der Waals surface area contributed by atoms with Gasteiger partial charge in [-0.2, -0.15) is 0 Å². The van der Waals surface area contributed by atoms with Crippen LogP contribution in [0.3, 0.4) is 0 Å². The molecule has 0 bridgehead atoms. The highest BCUT2D eigenvalue weighted by molar-refractivity contribution is 7.79. The zero-order valence-electron chi connectivity index (χ0n) is 4.37. The molecular weight excluding hydrogens is 118 g/mol. The van der Waals surface area contributed by atoms with Gasteiger partial charge >= 0.3 is 0 Å². The topological polar surface area (TPSA) is 12.9 Å². The summed E-state index contributed by atoms with van der Waals surface area (Å²) in [5.74, 6) is 0.612. The molecule has 0 aliphatic rings. The smallest absolute Gasteiger partial charge is 0.0511 e. The molecule has 0 spiro atoms. The Morgan fingerprint density at radius 2 is 2.38 bits per heavy atom. The molecule has 0 unspecified atom stereocenters. The van der Waals surface area contributed by atoms with Crippen molar-refractivity contribution < 1.29 is 0 Å². The monoisotopic (exact) mass is 124 g/mol. The lowest BCUT2D eigenvalue weighted by molar-refractivity contribution is 1.18. The fourth-order valence-electron chi connectivity index (χ4n) is 0.484. The third-order valence-corrected chi connectivity index (χ3v) is 1.17. The van der Waals surface area contributed by atoms with Gasteiger partial charge in [-0.1, -0.05) is 18.7 Å². The second kappa shape index (κ2) is 2.72. The lowest BCUT2D eigenvalue weighted by atomic mass is 10.4. The molecule has 0 atom stereocenters. The van der Waals surface area contributed by atoms with Crippen molar-refractivity contribution >= 4 is 12.6 Å². The van der Waals surface area contributed by atoms with Crippen molar-refractivity contribution in [2.75, 3.05) is 0 Å². The summed E-state index contributed by atoms with van der Waals surface area (Å²) in [7, 11) is 0. The van der Waals surface area contributed by atoms with E-state index in [1.807, 2.05) is 18.2 Å². The SMILES string of the molecule is [S]Cc1ccccn1. The molecule has 0 saturated heterocycles. The first-order valence-corrected chi connectivity index (χ1v) is 2.99. The molecule has 1 rings (SSSR count). The van der Waals surface area contributed by atoms with E-state index in [0.29, 0.717) is 5.75 Å². The zero-order chi connectivity index (χ0) is 5.82. The summed E-state index contributed by atoms with van der Waals surface area (Å²) in [5, 5.41) is 0. The van der Waals surface area contributed by atoms with Gasteiger partial charge in [-0.3, -0.25) is 4.98 Å². The Balaban J connectivity index is 2.83. The summed E-state index contributed by atoms with van der Waals surface area (Å²) in [6.07, 6.45) is 1.75. The van der Waals surface area contributed by atoms with Crippen LogP contribution in [-0.4, -0.2) is 4.98 Å². The van der Waals surface area contributed by atoms with Gasteiger partial charge in [0.15, 0.2) is 0 Å². The Kier molecular flexibility index (Phi) is 1.92.